The van der Waals surface area contributed by atoms with Crippen LogP contribution in [0.5, 0.6) is 0 Å². The molecule has 0 saturated heterocycles. The van der Waals surface area contributed by atoms with Gasteiger partial charge in [-0.3, -0.25) is 0 Å². The fourth-order valence-electron chi connectivity index (χ4n) is 0.158. The summed E-state index contributed by atoms with van der Waals surface area (Å²) in [5.74, 6) is -0.738. The Morgan fingerprint density at radius 3 is 2.67 bits per heavy atom. The Morgan fingerprint density at radius 2 is 2.33 bits per heavy atom. The number of carbonyl (C=O) groups excluding carboxylic acids is 1. The largest absolute Gasteiger partial charge is 0.752 e. The summed E-state index contributed by atoms with van der Waals surface area (Å²) in [6.45, 7) is -0.287. The van der Waals surface area contributed by atoms with E-state index in [0.717, 1.165) is 0 Å². The maximum atomic E-state index is 10.2. The highest BCUT2D eigenvalue weighted by Crippen LogP contribution is 2.20. The maximum absolute atomic E-state index is 10.2. The molecule has 0 amide bonds. The highest BCUT2D eigenvalue weighted by atomic mass is 31.1. The number of rotatable bonds is 3. The molecule has 0 aromatic rings. The standard InChI is InChI=1S/C3H7NO4P/c1-7-9(6)8-3(5)2-4/h2,4H2,1H3/q+1. The minimum atomic E-state index is -2.30. The second-order valence-electron chi connectivity index (χ2n) is 1.07. The van der Waals surface area contributed by atoms with Crippen LogP contribution in [0.25, 0.3) is 0 Å². The van der Waals surface area contributed by atoms with Gasteiger partial charge < -0.3 is 5.73 Å². The van der Waals surface area contributed by atoms with Crippen molar-refractivity contribution in [3.63, 3.8) is 0 Å². The molecular weight excluding hydrogens is 145 g/mol. The van der Waals surface area contributed by atoms with E-state index >= 15 is 0 Å². The zero-order valence-corrected chi connectivity index (χ0v) is 5.76. The molecule has 0 fully saturated rings. The van der Waals surface area contributed by atoms with Crippen LogP contribution in [0.2, 0.25) is 0 Å². The molecular formula is C3H7NO4P+. The first-order chi connectivity index (χ1) is 4.20. The van der Waals surface area contributed by atoms with Crippen LogP contribution in [0.4, 0.5) is 0 Å². The van der Waals surface area contributed by atoms with E-state index in [1.165, 1.54) is 7.11 Å². The Hall–Kier alpha value is -0.510. The zero-order chi connectivity index (χ0) is 7.28. The van der Waals surface area contributed by atoms with Gasteiger partial charge >= 0.3 is 14.2 Å². The van der Waals surface area contributed by atoms with E-state index in [1.807, 2.05) is 0 Å². The van der Waals surface area contributed by atoms with Gasteiger partial charge in [0, 0.05) is 4.57 Å². The SMILES string of the molecule is CO[P+](=O)OC(=O)CN. The van der Waals surface area contributed by atoms with Crippen LogP contribution in [0.3, 0.4) is 0 Å². The predicted molar refractivity (Wildman–Crippen MR) is 29.8 cm³/mol. The molecule has 0 radical (unpaired) electrons. The smallest absolute Gasteiger partial charge is 0.321 e. The number of hydrogen-bond donors (Lipinski definition) is 1. The highest BCUT2D eigenvalue weighted by Gasteiger charge is 2.22. The van der Waals surface area contributed by atoms with Gasteiger partial charge in [0.2, 0.25) is 0 Å². The molecule has 0 aromatic carbocycles. The van der Waals surface area contributed by atoms with Crippen LogP contribution < -0.4 is 5.73 Å². The van der Waals surface area contributed by atoms with Gasteiger partial charge in [-0.25, -0.2) is 4.79 Å². The first-order valence-electron chi connectivity index (χ1n) is 2.13. The van der Waals surface area contributed by atoms with Crippen molar-refractivity contribution in [3.05, 3.63) is 0 Å². The topological polar surface area (TPSA) is 78.6 Å². The summed E-state index contributed by atoms with van der Waals surface area (Å²) in [4.78, 5) is 10.2. The van der Waals surface area contributed by atoms with Crippen molar-refractivity contribution >= 4 is 14.2 Å². The lowest BCUT2D eigenvalue weighted by Gasteiger charge is -1.81. The molecule has 0 aliphatic heterocycles. The molecule has 0 bridgehead atoms. The molecule has 52 valence electrons. The molecule has 2 N–H and O–H groups in total. The summed E-state index contributed by atoms with van der Waals surface area (Å²) < 4.78 is 18.4. The third kappa shape index (κ3) is 4.02. The number of hydrogen-bond acceptors (Lipinski definition) is 5. The molecule has 5 nitrogen and oxygen atoms in total. The molecule has 6 heteroatoms. The predicted octanol–water partition coefficient (Wildman–Crippen LogP) is -0.208. The molecule has 0 aliphatic rings. The van der Waals surface area contributed by atoms with Gasteiger partial charge in [0.1, 0.15) is 0 Å². The van der Waals surface area contributed by atoms with Crippen LogP contribution in [0.1, 0.15) is 0 Å². The Kier molecular flexibility index (Phi) is 4.13. The average molecular weight is 152 g/mol. The summed E-state index contributed by atoms with van der Waals surface area (Å²) in [5.41, 5.74) is 4.82. The molecule has 9 heavy (non-hydrogen) atoms. The van der Waals surface area contributed by atoms with Gasteiger partial charge in [-0.1, -0.05) is 0 Å². The van der Waals surface area contributed by atoms with Gasteiger partial charge in [0.05, 0.1) is 13.7 Å². The number of nitrogens with two attached hydrogens (primary N) is 1. The summed E-state index contributed by atoms with van der Waals surface area (Å²) in [6.07, 6.45) is 0. The lowest BCUT2D eigenvalue weighted by molar-refractivity contribution is -0.132. The van der Waals surface area contributed by atoms with Crippen molar-refractivity contribution < 1.29 is 18.4 Å². The fourth-order valence-corrected chi connectivity index (χ4v) is 0.473. The van der Waals surface area contributed by atoms with Crippen LogP contribution in [0.15, 0.2) is 0 Å². The van der Waals surface area contributed by atoms with E-state index in [4.69, 9.17) is 5.73 Å². The molecule has 0 aromatic heterocycles. The highest BCUT2D eigenvalue weighted by molar-refractivity contribution is 7.34. The molecule has 1 atom stereocenters. The van der Waals surface area contributed by atoms with E-state index in [1.54, 1.807) is 0 Å². The Bertz CT molecular complexity index is 111. The van der Waals surface area contributed by atoms with E-state index in [2.05, 4.69) is 9.05 Å². The lowest BCUT2D eigenvalue weighted by atomic mass is 10.7. The molecule has 0 heterocycles. The minimum Gasteiger partial charge on any atom is -0.321 e. The van der Waals surface area contributed by atoms with E-state index in [9.17, 15) is 9.36 Å². The van der Waals surface area contributed by atoms with Gasteiger partial charge in [0.15, 0.2) is 0 Å². The van der Waals surface area contributed by atoms with Crippen molar-refractivity contribution in [2.75, 3.05) is 13.7 Å². The summed E-state index contributed by atoms with van der Waals surface area (Å²) in [5, 5.41) is 0. The van der Waals surface area contributed by atoms with Crippen molar-refractivity contribution in [1.82, 2.24) is 0 Å². The average Bonchev–Trinajstić information content (AvgIpc) is 1.87. The Balaban J connectivity index is 3.47. The molecule has 0 spiro atoms. The summed E-state index contributed by atoms with van der Waals surface area (Å²) in [7, 11) is -1.13. The monoisotopic (exact) mass is 152 g/mol. The van der Waals surface area contributed by atoms with Gasteiger partial charge in [-0.05, 0) is 0 Å². The van der Waals surface area contributed by atoms with E-state index in [-0.39, 0.29) is 6.54 Å². The van der Waals surface area contributed by atoms with Gasteiger partial charge in [-0.2, -0.15) is 4.52 Å². The summed E-state index contributed by atoms with van der Waals surface area (Å²) in [6, 6.07) is 0. The Morgan fingerprint density at radius 1 is 1.78 bits per heavy atom. The molecule has 0 rings (SSSR count). The number of carbonyl (C=O) groups is 1. The minimum absolute atomic E-state index is 0.287. The third-order valence-corrected chi connectivity index (χ3v) is 1.14. The van der Waals surface area contributed by atoms with Crippen LogP contribution >= 0.6 is 8.25 Å². The summed E-state index contributed by atoms with van der Waals surface area (Å²) >= 11 is 0. The van der Waals surface area contributed by atoms with Crippen LogP contribution in [0, 0.1) is 0 Å². The first-order valence-corrected chi connectivity index (χ1v) is 3.22. The maximum Gasteiger partial charge on any atom is 0.752 e. The van der Waals surface area contributed by atoms with E-state index < -0.39 is 14.2 Å². The molecule has 0 saturated carbocycles. The quantitative estimate of drug-likeness (QED) is 0.566. The lowest BCUT2D eigenvalue weighted by Crippen LogP contribution is -2.13. The molecule has 0 aliphatic carbocycles. The van der Waals surface area contributed by atoms with E-state index in [0.29, 0.717) is 0 Å². The van der Waals surface area contributed by atoms with Crippen molar-refractivity contribution in [2.24, 2.45) is 5.73 Å². The second kappa shape index (κ2) is 4.38. The van der Waals surface area contributed by atoms with Gasteiger partial charge in [0.25, 0.3) is 0 Å². The Labute approximate surface area is 53.1 Å². The van der Waals surface area contributed by atoms with Crippen molar-refractivity contribution in [1.29, 1.82) is 0 Å². The zero-order valence-electron chi connectivity index (χ0n) is 4.86. The van der Waals surface area contributed by atoms with Crippen molar-refractivity contribution in [3.8, 4) is 0 Å². The normalized spacial score (nSPS) is 10.7. The third-order valence-electron chi connectivity index (χ3n) is 0.492. The molecule has 1 unspecified atom stereocenters. The fraction of sp³-hybridized carbons (Fsp3) is 0.667. The first kappa shape index (κ1) is 8.49. The van der Waals surface area contributed by atoms with Crippen LogP contribution in [-0.2, 0) is 18.4 Å². The second-order valence-corrected chi connectivity index (χ2v) is 2.07. The van der Waals surface area contributed by atoms with Gasteiger partial charge in [-0.15, -0.1) is 4.52 Å². The van der Waals surface area contributed by atoms with Crippen LogP contribution in [-0.4, -0.2) is 19.6 Å². The van der Waals surface area contributed by atoms with Crippen molar-refractivity contribution in [2.45, 2.75) is 0 Å².